The van der Waals surface area contributed by atoms with Crippen LogP contribution in [0.2, 0.25) is 0 Å². The molecular formula is C13H21N3O4. The summed E-state index contributed by atoms with van der Waals surface area (Å²) in [4.78, 5) is 37.8. The number of carboxylic acid groups (broad SMARTS) is 1. The van der Waals surface area contributed by atoms with Gasteiger partial charge >= 0.3 is 5.97 Å². The molecule has 7 heteroatoms. The second kappa shape index (κ2) is 7.04. The number of carbonyl (C=O) groups excluding carboxylic acids is 2. The predicted molar refractivity (Wildman–Crippen MR) is 73.1 cm³/mol. The van der Waals surface area contributed by atoms with Crippen LogP contribution in [0.15, 0.2) is 11.1 Å². The Hall–Kier alpha value is -1.89. The van der Waals surface area contributed by atoms with Gasteiger partial charge in [-0.1, -0.05) is 0 Å². The lowest BCUT2D eigenvalue weighted by molar-refractivity contribution is -0.134. The van der Waals surface area contributed by atoms with E-state index in [2.05, 4.69) is 5.32 Å². The van der Waals surface area contributed by atoms with Crippen LogP contribution in [0, 0.1) is 0 Å². The Labute approximate surface area is 118 Å². The minimum absolute atomic E-state index is 0.0532. The topological polar surface area (TPSA) is 90.0 Å². The first-order valence-electron chi connectivity index (χ1n) is 6.49. The number of aliphatic carboxylic acids is 1. The lowest BCUT2D eigenvalue weighted by Crippen LogP contribution is -2.51. The molecule has 0 bridgehead atoms. The first-order valence-corrected chi connectivity index (χ1v) is 6.49. The first kappa shape index (κ1) is 16.2. The molecule has 0 spiro atoms. The van der Waals surface area contributed by atoms with Crippen LogP contribution in [-0.2, 0) is 14.4 Å². The highest BCUT2D eigenvalue weighted by Crippen LogP contribution is 2.10. The Morgan fingerprint density at radius 2 is 1.60 bits per heavy atom. The van der Waals surface area contributed by atoms with Crippen molar-refractivity contribution in [2.45, 2.75) is 13.8 Å². The number of amides is 2. The molecular weight excluding hydrogens is 262 g/mol. The Bertz CT molecular complexity index is 437. The zero-order valence-electron chi connectivity index (χ0n) is 12.1. The fourth-order valence-electron chi connectivity index (χ4n) is 1.95. The van der Waals surface area contributed by atoms with E-state index in [1.165, 1.54) is 13.8 Å². The normalized spacial score (nSPS) is 17.4. The monoisotopic (exact) mass is 283 g/mol. The highest BCUT2D eigenvalue weighted by atomic mass is 16.4. The number of nitrogens with one attached hydrogen (secondary N) is 1. The van der Waals surface area contributed by atoms with Crippen LogP contribution in [0.1, 0.15) is 13.8 Å². The predicted octanol–water partition coefficient (Wildman–Crippen LogP) is -0.702. The van der Waals surface area contributed by atoms with Crippen molar-refractivity contribution in [2.75, 3.05) is 39.8 Å². The van der Waals surface area contributed by atoms with E-state index in [1.54, 1.807) is 11.9 Å². The molecule has 0 radical (unpaired) electrons. The molecule has 0 aromatic rings. The SMILES string of the molecule is CNC(=O)CN1CCN(C(=O)C(C)=C(C)C(=O)O)CC1. The number of hydrogen-bond donors (Lipinski definition) is 2. The minimum Gasteiger partial charge on any atom is -0.478 e. The zero-order chi connectivity index (χ0) is 15.3. The summed E-state index contributed by atoms with van der Waals surface area (Å²) in [5, 5.41) is 11.4. The second-order valence-electron chi connectivity index (χ2n) is 4.80. The third kappa shape index (κ3) is 4.06. The molecule has 1 aliphatic rings. The van der Waals surface area contributed by atoms with Gasteiger partial charge in [-0.3, -0.25) is 14.5 Å². The van der Waals surface area contributed by atoms with Crippen molar-refractivity contribution in [3.63, 3.8) is 0 Å². The van der Waals surface area contributed by atoms with Crippen LogP contribution in [-0.4, -0.2) is 72.5 Å². The molecule has 2 N–H and O–H groups in total. The van der Waals surface area contributed by atoms with E-state index in [-0.39, 0.29) is 23.0 Å². The van der Waals surface area contributed by atoms with E-state index in [0.29, 0.717) is 32.7 Å². The Kier molecular flexibility index (Phi) is 5.69. The molecule has 0 aromatic carbocycles. The molecule has 1 rings (SSSR count). The molecule has 0 atom stereocenters. The number of nitrogens with zero attached hydrogens (tertiary/aromatic N) is 2. The maximum absolute atomic E-state index is 12.1. The highest BCUT2D eigenvalue weighted by Gasteiger charge is 2.24. The van der Waals surface area contributed by atoms with Crippen LogP contribution in [0.3, 0.4) is 0 Å². The first-order chi connectivity index (χ1) is 9.36. The summed E-state index contributed by atoms with van der Waals surface area (Å²) in [5.41, 5.74) is 0.333. The van der Waals surface area contributed by atoms with Gasteiger partial charge in [0.15, 0.2) is 0 Å². The molecule has 1 aliphatic heterocycles. The minimum atomic E-state index is -1.07. The maximum atomic E-state index is 12.1. The summed E-state index contributed by atoms with van der Waals surface area (Å²) >= 11 is 0. The highest BCUT2D eigenvalue weighted by molar-refractivity contribution is 6.01. The molecule has 0 saturated carbocycles. The molecule has 0 unspecified atom stereocenters. The Morgan fingerprint density at radius 1 is 1.05 bits per heavy atom. The summed E-state index contributed by atoms with van der Waals surface area (Å²) in [6.07, 6.45) is 0. The van der Waals surface area contributed by atoms with Crippen molar-refractivity contribution in [3.8, 4) is 0 Å². The van der Waals surface area contributed by atoms with Crippen molar-refractivity contribution >= 4 is 17.8 Å². The lowest BCUT2D eigenvalue weighted by Gasteiger charge is -2.34. The molecule has 1 fully saturated rings. The Morgan fingerprint density at radius 3 is 2.05 bits per heavy atom. The van der Waals surface area contributed by atoms with Crippen molar-refractivity contribution in [1.82, 2.24) is 15.1 Å². The van der Waals surface area contributed by atoms with E-state index in [4.69, 9.17) is 5.11 Å². The van der Waals surface area contributed by atoms with Crippen molar-refractivity contribution in [1.29, 1.82) is 0 Å². The molecule has 20 heavy (non-hydrogen) atoms. The average molecular weight is 283 g/mol. The van der Waals surface area contributed by atoms with Gasteiger partial charge in [-0.15, -0.1) is 0 Å². The molecule has 1 saturated heterocycles. The smallest absolute Gasteiger partial charge is 0.331 e. The van der Waals surface area contributed by atoms with Gasteiger partial charge in [0, 0.05) is 44.4 Å². The molecule has 0 aromatic heterocycles. The van der Waals surface area contributed by atoms with Crippen LogP contribution >= 0.6 is 0 Å². The number of hydrogen-bond acceptors (Lipinski definition) is 4. The molecule has 7 nitrogen and oxygen atoms in total. The largest absolute Gasteiger partial charge is 0.478 e. The van der Waals surface area contributed by atoms with Crippen LogP contribution < -0.4 is 5.32 Å². The van der Waals surface area contributed by atoms with E-state index >= 15 is 0 Å². The van der Waals surface area contributed by atoms with Crippen molar-refractivity contribution in [2.24, 2.45) is 0 Å². The number of carboxylic acids is 1. The number of rotatable bonds is 4. The summed E-state index contributed by atoms with van der Waals surface area (Å²) in [7, 11) is 1.59. The average Bonchev–Trinajstić information content (AvgIpc) is 2.45. The number of likely N-dealkylation sites (N-methyl/N-ethyl adjacent to an activating group) is 1. The summed E-state index contributed by atoms with van der Waals surface area (Å²) in [6.45, 7) is 5.50. The fourth-order valence-corrected chi connectivity index (χ4v) is 1.95. The van der Waals surface area contributed by atoms with Crippen LogP contribution in [0.4, 0.5) is 0 Å². The van der Waals surface area contributed by atoms with E-state index in [1.807, 2.05) is 4.90 Å². The Balaban J connectivity index is 2.57. The van der Waals surface area contributed by atoms with Gasteiger partial charge in [0.05, 0.1) is 6.54 Å². The number of piperazine rings is 1. The van der Waals surface area contributed by atoms with Gasteiger partial charge in [0.25, 0.3) is 0 Å². The molecule has 0 aliphatic carbocycles. The van der Waals surface area contributed by atoms with Crippen LogP contribution in [0.5, 0.6) is 0 Å². The quantitative estimate of drug-likeness (QED) is 0.666. The van der Waals surface area contributed by atoms with Gasteiger partial charge in [-0.25, -0.2) is 4.79 Å². The standard InChI is InChI=1S/C13H21N3O4/c1-9(10(2)13(19)20)12(18)16-6-4-15(5-7-16)8-11(17)14-3/h4-8H2,1-3H3,(H,14,17)(H,19,20). The fraction of sp³-hybridized carbons (Fsp3) is 0.615. The second-order valence-corrected chi connectivity index (χ2v) is 4.80. The number of carbonyl (C=O) groups is 3. The molecule has 112 valence electrons. The van der Waals surface area contributed by atoms with Gasteiger partial charge in [0.2, 0.25) is 11.8 Å². The summed E-state index contributed by atoms with van der Waals surface area (Å²) < 4.78 is 0. The molecule has 2 amide bonds. The maximum Gasteiger partial charge on any atom is 0.331 e. The lowest BCUT2D eigenvalue weighted by atomic mass is 10.1. The van der Waals surface area contributed by atoms with E-state index in [0.717, 1.165) is 0 Å². The molecule has 1 heterocycles. The zero-order valence-corrected chi connectivity index (χ0v) is 12.1. The van der Waals surface area contributed by atoms with E-state index in [9.17, 15) is 14.4 Å². The van der Waals surface area contributed by atoms with Crippen molar-refractivity contribution in [3.05, 3.63) is 11.1 Å². The van der Waals surface area contributed by atoms with Crippen molar-refractivity contribution < 1.29 is 19.5 Å². The van der Waals surface area contributed by atoms with Gasteiger partial charge in [-0.05, 0) is 13.8 Å². The third-order valence-corrected chi connectivity index (χ3v) is 3.51. The van der Waals surface area contributed by atoms with E-state index < -0.39 is 5.97 Å². The van der Waals surface area contributed by atoms with Gasteiger partial charge < -0.3 is 15.3 Å². The third-order valence-electron chi connectivity index (χ3n) is 3.51. The van der Waals surface area contributed by atoms with Gasteiger partial charge in [0.1, 0.15) is 0 Å². The summed E-state index contributed by atoms with van der Waals surface area (Å²) in [5.74, 6) is -1.37. The van der Waals surface area contributed by atoms with Gasteiger partial charge in [-0.2, -0.15) is 0 Å². The summed E-state index contributed by atoms with van der Waals surface area (Å²) in [6, 6.07) is 0. The van der Waals surface area contributed by atoms with Crippen LogP contribution in [0.25, 0.3) is 0 Å².